The van der Waals surface area contributed by atoms with Crippen LogP contribution in [-0.4, -0.2) is 87.1 Å². The Bertz CT molecular complexity index is 2670. The Kier molecular flexibility index (Phi) is 11.9. The molecule has 2 fully saturated rings. The number of carbonyl (C=O) groups is 4. The smallest absolute Gasteiger partial charge is 0.407 e. The van der Waals surface area contributed by atoms with Crippen LogP contribution in [0.25, 0.3) is 44.4 Å². The van der Waals surface area contributed by atoms with Gasteiger partial charge >= 0.3 is 12.2 Å². The molecule has 0 radical (unpaired) electrons. The number of H-pyrrole nitrogens is 2. The van der Waals surface area contributed by atoms with Crippen LogP contribution in [0.1, 0.15) is 69.3 Å². The second-order valence-corrected chi connectivity index (χ2v) is 16.8. The van der Waals surface area contributed by atoms with E-state index < -0.39 is 29.8 Å². The first-order valence-corrected chi connectivity index (χ1v) is 21.1. The molecule has 4 aromatic carbocycles. The Morgan fingerprint density at radius 2 is 1.40 bits per heavy atom. The lowest BCUT2D eigenvalue weighted by molar-refractivity contribution is -0.138. The van der Waals surface area contributed by atoms with E-state index in [4.69, 9.17) is 19.4 Å². The van der Waals surface area contributed by atoms with Crippen LogP contribution < -0.4 is 10.6 Å². The third-order valence-corrected chi connectivity index (χ3v) is 12.3. The number of likely N-dealkylation sites (tertiary alicyclic amines) is 2. The minimum atomic E-state index is -0.954. The Balaban J connectivity index is 0.966. The summed E-state index contributed by atoms with van der Waals surface area (Å²) in [6, 6.07) is 28.2. The molecule has 0 aliphatic carbocycles. The van der Waals surface area contributed by atoms with E-state index in [1.807, 2.05) is 50.1 Å². The maximum Gasteiger partial charge on any atom is 0.407 e. The largest absolute Gasteiger partial charge is 0.453 e. The number of alkyl carbamates (subject to hydrolysis) is 2. The summed E-state index contributed by atoms with van der Waals surface area (Å²) in [5.74, 6) is 0.804. The standard InChI is InChI=1S/C49H52N8O6/c1-29(2)41(54-47(60)62-5)44(58)56-22-10-13-40(56)43-50-26-39(52-43)37-21-20-35-23-34(18-19-36(35)24-37)31-14-16-32(17-15-31)38-27-51-46(53-38)49(4)25-30(3)28-57(49)45(59)42(55-48(61)63-6)33-11-8-7-9-12-33/h7-9,11-12,14-21,23-24,26-27,29,40-42H,3,10,13,22,25,28H2,1-2,4-6H3,(H,50,52)(H,51,53)(H,54,60)(H,55,61)/t40-,41-,42+,49-/m0/s1. The Morgan fingerprint density at radius 1 is 0.778 bits per heavy atom. The van der Waals surface area contributed by atoms with Gasteiger partial charge in [0, 0.05) is 25.1 Å². The van der Waals surface area contributed by atoms with E-state index in [0.29, 0.717) is 30.9 Å². The number of aromatic amines is 2. The van der Waals surface area contributed by atoms with Crippen molar-refractivity contribution < 1.29 is 28.7 Å². The van der Waals surface area contributed by atoms with Crippen LogP contribution in [0.2, 0.25) is 0 Å². The molecule has 0 spiro atoms. The molecule has 4 atom stereocenters. The van der Waals surface area contributed by atoms with Gasteiger partial charge in [-0.3, -0.25) is 9.59 Å². The molecular formula is C49H52N8O6. The van der Waals surface area contributed by atoms with Crippen molar-refractivity contribution in [2.24, 2.45) is 5.92 Å². The number of ether oxygens (including phenoxy) is 2. The summed E-state index contributed by atoms with van der Waals surface area (Å²) < 4.78 is 9.64. The SMILES string of the molecule is C=C1CN(C(=O)[C@H](NC(=O)OC)c2ccccc2)[C@](C)(c2ncc(-c3ccc(-c4ccc5cc(-c6cnc([C@@H]7CCCN7C(=O)[C@@H](NC(=O)OC)C(C)C)[nH]6)ccc5c4)cc3)[nH]2)C1. The van der Waals surface area contributed by atoms with Gasteiger partial charge in [-0.15, -0.1) is 0 Å². The monoisotopic (exact) mass is 848 g/mol. The number of methoxy groups -OCH3 is 2. The number of hydrogen-bond acceptors (Lipinski definition) is 8. The number of aromatic nitrogens is 4. The molecule has 63 heavy (non-hydrogen) atoms. The van der Waals surface area contributed by atoms with Crippen molar-refractivity contribution >= 4 is 34.8 Å². The molecule has 0 bridgehead atoms. The molecule has 14 nitrogen and oxygen atoms in total. The van der Waals surface area contributed by atoms with Crippen molar-refractivity contribution in [2.45, 2.75) is 63.7 Å². The van der Waals surface area contributed by atoms with Crippen LogP contribution in [0, 0.1) is 5.92 Å². The summed E-state index contributed by atoms with van der Waals surface area (Å²) in [5, 5.41) is 7.59. The number of imidazole rings is 2. The van der Waals surface area contributed by atoms with Gasteiger partial charge in [0.15, 0.2) is 0 Å². The van der Waals surface area contributed by atoms with E-state index in [2.05, 4.69) is 87.8 Å². The van der Waals surface area contributed by atoms with Gasteiger partial charge < -0.3 is 39.9 Å². The summed E-state index contributed by atoms with van der Waals surface area (Å²) in [4.78, 5) is 72.2. The lowest BCUT2D eigenvalue weighted by Crippen LogP contribution is -2.51. The number of carbonyl (C=O) groups excluding carboxylic acids is 4. The zero-order chi connectivity index (χ0) is 44.4. The van der Waals surface area contributed by atoms with Gasteiger partial charge in [-0.25, -0.2) is 19.6 Å². The van der Waals surface area contributed by atoms with Gasteiger partial charge in [0.25, 0.3) is 5.91 Å². The third kappa shape index (κ3) is 8.53. The van der Waals surface area contributed by atoms with E-state index in [0.717, 1.165) is 68.7 Å². The number of amides is 4. The first kappa shape index (κ1) is 42.5. The fraction of sp³-hybridized carbons (Fsp3) is 0.306. The van der Waals surface area contributed by atoms with E-state index in [1.54, 1.807) is 23.2 Å². The summed E-state index contributed by atoms with van der Waals surface area (Å²) in [6.45, 7) is 10.9. The molecule has 8 rings (SSSR count). The number of hydrogen-bond donors (Lipinski definition) is 4. The fourth-order valence-electron chi connectivity index (χ4n) is 8.86. The van der Waals surface area contributed by atoms with Crippen LogP contribution in [0.4, 0.5) is 9.59 Å². The molecule has 2 aliphatic rings. The number of fused-ring (bicyclic) bond motifs is 1. The predicted octanol–water partition coefficient (Wildman–Crippen LogP) is 8.43. The summed E-state index contributed by atoms with van der Waals surface area (Å²) >= 11 is 0. The highest BCUT2D eigenvalue weighted by Gasteiger charge is 2.47. The van der Waals surface area contributed by atoms with Gasteiger partial charge in [0.1, 0.15) is 29.3 Å². The van der Waals surface area contributed by atoms with Crippen LogP contribution in [0.5, 0.6) is 0 Å². The van der Waals surface area contributed by atoms with Gasteiger partial charge in [0.2, 0.25) is 5.91 Å². The Hall–Kier alpha value is -7.22. The molecule has 2 aliphatic heterocycles. The molecular weight excluding hydrogens is 797 g/mol. The van der Waals surface area contributed by atoms with Gasteiger partial charge in [0.05, 0.1) is 44.0 Å². The summed E-state index contributed by atoms with van der Waals surface area (Å²) in [7, 11) is 2.56. The molecule has 0 saturated carbocycles. The summed E-state index contributed by atoms with van der Waals surface area (Å²) in [6.07, 6.45) is 4.40. The number of nitrogens with one attached hydrogen (secondary N) is 4. The van der Waals surface area contributed by atoms with E-state index in [1.165, 1.54) is 14.2 Å². The topological polar surface area (TPSA) is 175 Å². The zero-order valence-corrected chi connectivity index (χ0v) is 36.1. The van der Waals surface area contributed by atoms with Crippen LogP contribution in [-0.2, 0) is 24.6 Å². The molecule has 0 unspecified atom stereocenters. The van der Waals surface area contributed by atoms with E-state index >= 15 is 0 Å². The molecule has 4 heterocycles. The van der Waals surface area contributed by atoms with Crippen LogP contribution >= 0.6 is 0 Å². The molecule has 4 amide bonds. The quantitative estimate of drug-likeness (QED) is 0.0940. The highest BCUT2D eigenvalue weighted by Crippen LogP contribution is 2.42. The van der Waals surface area contributed by atoms with Crippen molar-refractivity contribution in [3.8, 4) is 33.6 Å². The van der Waals surface area contributed by atoms with Crippen molar-refractivity contribution in [3.63, 3.8) is 0 Å². The summed E-state index contributed by atoms with van der Waals surface area (Å²) in [5.41, 5.74) is 6.42. The molecule has 324 valence electrons. The maximum atomic E-state index is 14.2. The minimum Gasteiger partial charge on any atom is -0.453 e. The van der Waals surface area contributed by atoms with Gasteiger partial charge in [-0.1, -0.05) is 105 Å². The second kappa shape index (κ2) is 17.6. The van der Waals surface area contributed by atoms with Crippen molar-refractivity contribution in [1.29, 1.82) is 0 Å². The van der Waals surface area contributed by atoms with E-state index in [-0.39, 0.29) is 23.8 Å². The lowest BCUT2D eigenvalue weighted by Gasteiger charge is -2.35. The molecule has 2 aromatic heterocycles. The van der Waals surface area contributed by atoms with Crippen LogP contribution in [0.3, 0.4) is 0 Å². The number of benzene rings is 4. The highest BCUT2D eigenvalue weighted by atomic mass is 16.5. The lowest BCUT2D eigenvalue weighted by atomic mass is 9.95. The van der Waals surface area contributed by atoms with Gasteiger partial charge in [-0.05, 0) is 70.8 Å². The van der Waals surface area contributed by atoms with E-state index in [9.17, 15) is 19.2 Å². The normalized spacial score (nSPS) is 18.4. The number of nitrogens with zero attached hydrogens (tertiary/aromatic N) is 4. The third-order valence-electron chi connectivity index (χ3n) is 12.3. The molecule has 6 aromatic rings. The molecule has 4 N–H and O–H groups in total. The number of rotatable bonds is 11. The fourth-order valence-corrected chi connectivity index (χ4v) is 8.86. The highest BCUT2D eigenvalue weighted by molar-refractivity contribution is 5.91. The molecule has 14 heteroatoms. The Morgan fingerprint density at radius 3 is 2.10 bits per heavy atom. The van der Waals surface area contributed by atoms with Gasteiger partial charge in [-0.2, -0.15) is 0 Å². The van der Waals surface area contributed by atoms with Crippen LogP contribution in [0.15, 0.2) is 116 Å². The maximum absolute atomic E-state index is 14.2. The first-order chi connectivity index (χ1) is 30.4. The molecule has 2 saturated heterocycles. The predicted molar refractivity (Wildman–Crippen MR) is 240 cm³/mol. The van der Waals surface area contributed by atoms with Crippen molar-refractivity contribution in [1.82, 2.24) is 40.4 Å². The zero-order valence-electron chi connectivity index (χ0n) is 36.1. The van der Waals surface area contributed by atoms with Crippen molar-refractivity contribution in [2.75, 3.05) is 27.3 Å². The minimum absolute atomic E-state index is 0.112. The van der Waals surface area contributed by atoms with Crippen molar-refractivity contribution in [3.05, 3.63) is 133 Å². The Labute approximate surface area is 366 Å². The average Bonchev–Trinajstić information content (AvgIpc) is 4.14. The second-order valence-electron chi connectivity index (χ2n) is 16.8. The average molecular weight is 849 g/mol. The first-order valence-electron chi connectivity index (χ1n) is 21.1.